The molecular weight excluding hydrogens is 576 g/mol. The van der Waals surface area contributed by atoms with Crippen molar-refractivity contribution in [3.8, 4) is 0 Å². The number of hydrogen-bond donors (Lipinski definition) is 3. The van der Waals surface area contributed by atoms with Crippen LogP contribution in [0.1, 0.15) is 77.0 Å². The fourth-order valence-corrected chi connectivity index (χ4v) is 7.58. The Hall–Kier alpha value is -2.79. The molecule has 0 spiro atoms. The molecule has 2 fully saturated rings. The minimum atomic E-state index is -1.65. The highest BCUT2D eigenvalue weighted by molar-refractivity contribution is 8.17. The van der Waals surface area contributed by atoms with Crippen LogP contribution in [0.25, 0.3) is 0 Å². The van der Waals surface area contributed by atoms with E-state index in [1.54, 1.807) is 11.0 Å². The van der Waals surface area contributed by atoms with Crippen molar-refractivity contribution in [2.75, 3.05) is 13.1 Å². The summed E-state index contributed by atoms with van der Waals surface area (Å²) < 4.78 is 28.2. The van der Waals surface area contributed by atoms with Crippen LogP contribution in [0.2, 0.25) is 0 Å². The Kier molecular flexibility index (Phi) is 10.5. The molecule has 0 radical (unpaired) electrons. The standard InChI is InChI=1S/C32H41F2N3O5S/c33-21-12-13-25(26(34)17-21)29(39)23-5-1-2-6-24(23)31(41)37-15-3-4-22(37)18-35-28(38)14-11-19-7-9-20(10-8-19)16-27-30(40)36-32(42)43-27/h5,7,13,16,20-22,24,26,30,40H,1-4,6,8-12,14-15,17-18H2,(H,35,38)(H,36,42)/b27-16-/t20?,21?,22-,24+,26?,30?/m0/s1. The molecule has 4 unspecified atom stereocenters. The molecule has 2 heterocycles. The monoisotopic (exact) mass is 617 g/mol. The largest absolute Gasteiger partial charge is 0.369 e. The van der Waals surface area contributed by atoms with Gasteiger partial charge in [0.15, 0.2) is 12.0 Å². The smallest absolute Gasteiger partial charge is 0.285 e. The van der Waals surface area contributed by atoms with Gasteiger partial charge in [0.05, 0.1) is 5.92 Å². The van der Waals surface area contributed by atoms with E-state index in [0.717, 1.165) is 50.3 Å². The molecule has 2 saturated heterocycles. The lowest BCUT2D eigenvalue weighted by Crippen LogP contribution is -2.46. The number of hydrogen-bond acceptors (Lipinski definition) is 6. The Morgan fingerprint density at radius 2 is 1.93 bits per heavy atom. The first-order valence-electron chi connectivity index (χ1n) is 15.6. The van der Waals surface area contributed by atoms with Crippen LogP contribution in [0.5, 0.6) is 0 Å². The SMILES string of the molecule is O=C(CCC1=CCC(/C=C2\SC(=O)NC2O)CC1)NC[C@@H]1CCCN1C(=O)[C@@H]1CCCC=C1C(=O)C1=CCC(F)CC1F. The van der Waals surface area contributed by atoms with Gasteiger partial charge in [-0.25, -0.2) is 8.78 Å². The molecule has 3 N–H and O–H groups in total. The van der Waals surface area contributed by atoms with Crippen LogP contribution in [0, 0.1) is 11.8 Å². The maximum atomic E-state index is 14.5. The first-order chi connectivity index (χ1) is 20.7. The summed E-state index contributed by atoms with van der Waals surface area (Å²) in [5.41, 5.74) is 1.54. The molecule has 8 nitrogen and oxygen atoms in total. The van der Waals surface area contributed by atoms with Crippen LogP contribution < -0.4 is 10.6 Å². The van der Waals surface area contributed by atoms with E-state index < -0.39 is 30.3 Å². The van der Waals surface area contributed by atoms with Crippen LogP contribution in [-0.2, 0) is 14.4 Å². The summed E-state index contributed by atoms with van der Waals surface area (Å²) in [4.78, 5) is 53.5. The van der Waals surface area contributed by atoms with Gasteiger partial charge in [-0.1, -0.05) is 29.9 Å². The number of aliphatic hydroxyl groups excluding tert-OH is 1. The Morgan fingerprint density at radius 1 is 1.09 bits per heavy atom. The molecule has 3 aliphatic carbocycles. The zero-order valence-corrected chi connectivity index (χ0v) is 25.2. The number of amides is 3. The van der Waals surface area contributed by atoms with Crippen LogP contribution in [0.4, 0.5) is 13.6 Å². The van der Waals surface area contributed by atoms with E-state index in [1.807, 2.05) is 6.08 Å². The quantitative estimate of drug-likeness (QED) is 0.316. The minimum absolute atomic E-state index is 0.0165. The van der Waals surface area contributed by atoms with E-state index in [9.17, 15) is 33.1 Å². The van der Waals surface area contributed by atoms with Crippen LogP contribution in [0.3, 0.4) is 0 Å². The molecular formula is C32H41F2N3O5S. The number of ketones is 1. The second-order valence-corrected chi connectivity index (χ2v) is 13.2. The van der Waals surface area contributed by atoms with Gasteiger partial charge in [-0.2, -0.15) is 0 Å². The number of alkyl halides is 2. The van der Waals surface area contributed by atoms with Gasteiger partial charge in [0, 0.05) is 48.0 Å². The Morgan fingerprint density at radius 3 is 2.65 bits per heavy atom. The summed E-state index contributed by atoms with van der Waals surface area (Å²) in [5.74, 6) is -1.07. The van der Waals surface area contributed by atoms with E-state index in [1.165, 1.54) is 11.6 Å². The number of aliphatic hydroxyl groups is 1. The van der Waals surface area contributed by atoms with E-state index in [0.29, 0.717) is 49.3 Å². The van der Waals surface area contributed by atoms with Crippen LogP contribution >= 0.6 is 11.8 Å². The number of nitrogens with zero attached hydrogens (tertiary/aromatic N) is 1. The van der Waals surface area contributed by atoms with Crippen molar-refractivity contribution in [1.82, 2.24) is 15.5 Å². The molecule has 11 heteroatoms. The van der Waals surface area contributed by atoms with Crippen molar-refractivity contribution >= 4 is 34.6 Å². The number of nitrogens with one attached hydrogen (secondary N) is 2. The molecule has 0 aromatic carbocycles. The molecule has 6 atom stereocenters. The number of halogens is 2. The second-order valence-electron chi connectivity index (χ2n) is 12.2. The number of rotatable bonds is 9. The number of likely N-dealkylation sites (tertiary alicyclic amines) is 1. The topological polar surface area (TPSA) is 116 Å². The Labute approximate surface area is 255 Å². The van der Waals surface area contributed by atoms with E-state index in [2.05, 4.69) is 16.7 Å². The van der Waals surface area contributed by atoms with Gasteiger partial charge in [0.25, 0.3) is 5.24 Å². The lowest BCUT2D eigenvalue weighted by molar-refractivity contribution is -0.137. The van der Waals surface area contributed by atoms with Crippen LogP contribution in [-0.4, -0.2) is 70.5 Å². The minimum Gasteiger partial charge on any atom is -0.369 e. The number of Topliss-reactive ketones (excluding diaryl/α,β-unsaturated/α-hetero) is 1. The highest BCUT2D eigenvalue weighted by Crippen LogP contribution is 2.35. The number of thioether (sulfide) groups is 1. The summed E-state index contributed by atoms with van der Waals surface area (Å²) in [6.07, 6.45) is 10.1. The van der Waals surface area contributed by atoms with E-state index in [-0.39, 0.29) is 47.4 Å². The fraction of sp³-hybridized carbons (Fsp3) is 0.625. The first-order valence-corrected chi connectivity index (χ1v) is 16.4. The van der Waals surface area contributed by atoms with Gasteiger partial charge >= 0.3 is 0 Å². The van der Waals surface area contributed by atoms with Crippen LogP contribution in [0.15, 0.2) is 45.9 Å². The summed E-state index contributed by atoms with van der Waals surface area (Å²) in [5, 5.41) is 15.1. The van der Waals surface area contributed by atoms with Crippen molar-refractivity contribution in [2.24, 2.45) is 11.8 Å². The normalized spacial score (nSPS) is 32.2. The highest BCUT2D eigenvalue weighted by Gasteiger charge is 2.39. The lowest BCUT2D eigenvalue weighted by atomic mass is 9.80. The highest BCUT2D eigenvalue weighted by atomic mass is 32.2. The van der Waals surface area contributed by atoms with Gasteiger partial charge in [0.1, 0.15) is 12.3 Å². The first kappa shape index (κ1) is 31.6. The molecule has 0 aromatic rings. The summed E-state index contributed by atoms with van der Waals surface area (Å²) in [6, 6.07) is -0.155. The van der Waals surface area contributed by atoms with Crippen molar-refractivity contribution in [3.05, 3.63) is 45.9 Å². The van der Waals surface area contributed by atoms with Crippen molar-refractivity contribution in [2.45, 2.75) is 102 Å². The van der Waals surface area contributed by atoms with Crippen molar-refractivity contribution < 1.29 is 33.1 Å². The predicted molar refractivity (Wildman–Crippen MR) is 160 cm³/mol. The van der Waals surface area contributed by atoms with Gasteiger partial charge in [-0.15, -0.1) is 0 Å². The molecule has 5 rings (SSSR count). The number of carbonyl (C=O) groups is 4. The average molecular weight is 618 g/mol. The van der Waals surface area contributed by atoms with E-state index in [4.69, 9.17) is 0 Å². The second kappa shape index (κ2) is 14.3. The predicted octanol–water partition coefficient (Wildman–Crippen LogP) is 4.95. The number of carbonyl (C=O) groups excluding carboxylic acids is 4. The third-order valence-electron chi connectivity index (χ3n) is 9.20. The van der Waals surface area contributed by atoms with Gasteiger partial charge in [-0.05, 0) is 81.9 Å². The average Bonchev–Trinajstić information content (AvgIpc) is 3.60. The fourth-order valence-electron chi connectivity index (χ4n) is 6.77. The zero-order valence-electron chi connectivity index (χ0n) is 24.4. The molecule has 2 aliphatic heterocycles. The Bertz CT molecular complexity index is 1250. The van der Waals surface area contributed by atoms with Gasteiger partial charge < -0.3 is 20.6 Å². The number of allylic oxidation sites excluding steroid dienone is 6. The molecule has 5 aliphatic rings. The van der Waals surface area contributed by atoms with Crippen molar-refractivity contribution in [3.63, 3.8) is 0 Å². The summed E-state index contributed by atoms with van der Waals surface area (Å²) >= 11 is 1.03. The molecule has 3 amide bonds. The third-order valence-corrected chi connectivity index (χ3v) is 10.1. The zero-order chi connectivity index (χ0) is 30.5. The molecule has 234 valence electrons. The lowest BCUT2D eigenvalue weighted by Gasteiger charge is -2.32. The molecule has 0 saturated carbocycles. The maximum absolute atomic E-state index is 14.5. The molecule has 43 heavy (non-hydrogen) atoms. The molecule has 0 aromatic heterocycles. The van der Waals surface area contributed by atoms with Gasteiger partial charge in [0.2, 0.25) is 11.8 Å². The Balaban J connectivity index is 1.10. The van der Waals surface area contributed by atoms with Gasteiger partial charge in [-0.3, -0.25) is 19.2 Å². The third kappa shape index (κ3) is 7.84. The summed E-state index contributed by atoms with van der Waals surface area (Å²) in [6.45, 7) is 0.903. The maximum Gasteiger partial charge on any atom is 0.285 e. The van der Waals surface area contributed by atoms with E-state index >= 15 is 0 Å². The summed E-state index contributed by atoms with van der Waals surface area (Å²) in [7, 11) is 0. The molecule has 0 bridgehead atoms. The van der Waals surface area contributed by atoms with Crippen molar-refractivity contribution in [1.29, 1.82) is 0 Å².